The van der Waals surface area contributed by atoms with Crippen molar-refractivity contribution in [3.8, 4) is 11.1 Å². The zero-order chi connectivity index (χ0) is 20.5. The molecule has 1 atom stereocenters. The van der Waals surface area contributed by atoms with E-state index in [1.807, 2.05) is 0 Å². The van der Waals surface area contributed by atoms with Crippen molar-refractivity contribution in [1.29, 1.82) is 0 Å². The van der Waals surface area contributed by atoms with E-state index < -0.39 is 11.1 Å². The molecule has 1 aliphatic rings. The zero-order valence-electron chi connectivity index (χ0n) is 15.5. The minimum absolute atomic E-state index is 0.237. The average molecular weight is 432 g/mol. The predicted molar refractivity (Wildman–Crippen MR) is 112 cm³/mol. The largest absolute Gasteiger partial charge is 0.330 e. The van der Waals surface area contributed by atoms with Crippen molar-refractivity contribution >= 4 is 39.3 Å². The predicted octanol–water partition coefficient (Wildman–Crippen LogP) is 4.67. The lowest BCUT2D eigenvalue weighted by atomic mass is 10.0. The topological polar surface area (TPSA) is 73.7 Å². The Morgan fingerprint density at radius 3 is 2.45 bits per heavy atom. The van der Waals surface area contributed by atoms with E-state index in [2.05, 4.69) is 4.98 Å². The first-order chi connectivity index (χ1) is 14.0. The molecule has 1 saturated heterocycles. The molecule has 9 heteroatoms. The molecular formula is C20H18FN3O3S2. The highest BCUT2D eigenvalue weighted by Gasteiger charge is 2.30. The Morgan fingerprint density at radius 2 is 1.79 bits per heavy atom. The van der Waals surface area contributed by atoms with E-state index >= 15 is 0 Å². The van der Waals surface area contributed by atoms with Crippen LogP contribution in [0.2, 0.25) is 0 Å². The molecule has 1 aliphatic heterocycles. The molecule has 0 bridgehead atoms. The number of nitrogens with zero attached hydrogens (tertiary/aromatic N) is 3. The quantitative estimate of drug-likeness (QED) is 0.609. The molecule has 2 aromatic carbocycles. The highest BCUT2D eigenvalue weighted by atomic mass is 32.2. The number of rotatable bonds is 4. The van der Waals surface area contributed by atoms with Gasteiger partial charge in [0.05, 0.1) is 5.69 Å². The number of carbonyl (C=O) groups excluding carboxylic acids is 1. The van der Waals surface area contributed by atoms with Crippen LogP contribution in [-0.2, 0) is 11.1 Å². The van der Waals surface area contributed by atoms with Crippen molar-refractivity contribution in [1.82, 2.24) is 4.98 Å². The smallest absolute Gasteiger partial charge is 0.302 e. The summed E-state index contributed by atoms with van der Waals surface area (Å²) in [6.07, 6.45) is 0.733. The fourth-order valence-corrected chi connectivity index (χ4v) is 4.93. The van der Waals surface area contributed by atoms with E-state index in [0.29, 0.717) is 35.2 Å². The number of aromatic nitrogens is 1. The van der Waals surface area contributed by atoms with Crippen LogP contribution in [0, 0.1) is 12.7 Å². The first kappa shape index (κ1) is 19.7. The van der Waals surface area contributed by atoms with Crippen LogP contribution in [0.15, 0.2) is 52.7 Å². The van der Waals surface area contributed by atoms with Crippen molar-refractivity contribution in [2.24, 2.45) is 0 Å². The van der Waals surface area contributed by atoms with Gasteiger partial charge >= 0.3 is 6.03 Å². The van der Waals surface area contributed by atoms with Gasteiger partial charge in [-0.15, -0.1) is 0 Å². The second-order valence-electron chi connectivity index (χ2n) is 6.58. The fraction of sp³-hybridized carbons (Fsp3) is 0.200. The van der Waals surface area contributed by atoms with Crippen molar-refractivity contribution in [3.05, 3.63) is 60.0 Å². The van der Waals surface area contributed by atoms with E-state index in [4.69, 9.17) is 0 Å². The summed E-state index contributed by atoms with van der Waals surface area (Å²) in [5, 5.41) is 0.414. The van der Waals surface area contributed by atoms with Gasteiger partial charge in [0.1, 0.15) is 10.0 Å². The molecule has 3 aromatic rings. The minimum Gasteiger partial charge on any atom is -0.302 e. The van der Waals surface area contributed by atoms with Gasteiger partial charge < -0.3 is 4.55 Å². The molecule has 1 N–H and O–H groups in total. The standard InChI is InChI=1S/C20H18FN3O3S2/c1-13-18(29(26)27)28-19(22-13)24-12-4-11-23(20(24)25)15-9-7-14(8-10-15)16-5-2-3-6-17(16)21/h2-3,5-10H,4,11-12H2,1H3,(H,26,27). The molecule has 1 aromatic heterocycles. The van der Waals surface area contributed by atoms with Crippen LogP contribution in [-0.4, -0.2) is 32.9 Å². The number of amides is 2. The summed E-state index contributed by atoms with van der Waals surface area (Å²) in [4.78, 5) is 20.5. The van der Waals surface area contributed by atoms with Crippen LogP contribution in [0.4, 0.5) is 20.0 Å². The molecular weight excluding hydrogens is 413 g/mol. The van der Waals surface area contributed by atoms with Gasteiger partial charge in [0.2, 0.25) is 0 Å². The number of thiazole rings is 1. The Labute approximate surface area is 173 Å². The molecule has 1 fully saturated rings. The SMILES string of the molecule is Cc1nc(N2CCCN(c3ccc(-c4ccccc4F)cc3)C2=O)sc1S(=O)O. The summed E-state index contributed by atoms with van der Waals surface area (Å²) in [6.45, 7) is 2.70. The molecule has 0 aliphatic carbocycles. The molecule has 0 radical (unpaired) electrons. The van der Waals surface area contributed by atoms with Gasteiger partial charge in [-0.3, -0.25) is 9.80 Å². The summed E-state index contributed by atoms with van der Waals surface area (Å²) in [7, 11) is 0. The van der Waals surface area contributed by atoms with Crippen LogP contribution in [0.5, 0.6) is 0 Å². The van der Waals surface area contributed by atoms with E-state index in [1.54, 1.807) is 54.3 Å². The van der Waals surface area contributed by atoms with Gasteiger partial charge in [-0.2, -0.15) is 0 Å². The molecule has 0 saturated carbocycles. The molecule has 2 amide bonds. The summed E-state index contributed by atoms with van der Waals surface area (Å²) >= 11 is -1.08. The van der Waals surface area contributed by atoms with Crippen molar-refractivity contribution in [3.63, 3.8) is 0 Å². The number of halogens is 1. The third kappa shape index (κ3) is 3.81. The number of aryl methyl sites for hydroxylation is 1. The minimum atomic E-state index is -2.13. The Balaban J connectivity index is 1.59. The van der Waals surface area contributed by atoms with Crippen LogP contribution < -0.4 is 9.80 Å². The molecule has 150 valence electrons. The molecule has 0 spiro atoms. The Bertz CT molecular complexity index is 1080. The highest BCUT2D eigenvalue weighted by molar-refractivity contribution is 7.82. The van der Waals surface area contributed by atoms with Crippen molar-refractivity contribution < 1.29 is 17.9 Å². The maximum absolute atomic E-state index is 14.0. The molecule has 29 heavy (non-hydrogen) atoms. The third-order valence-corrected chi connectivity index (χ3v) is 6.99. The summed E-state index contributed by atoms with van der Waals surface area (Å²) in [5.41, 5.74) is 2.40. The Morgan fingerprint density at radius 1 is 1.10 bits per heavy atom. The molecule has 2 heterocycles. The second-order valence-corrected chi connectivity index (χ2v) is 8.73. The molecule has 4 rings (SSSR count). The maximum Gasteiger partial charge on any atom is 0.330 e. The number of benzene rings is 2. The van der Waals surface area contributed by atoms with Gasteiger partial charge in [0, 0.05) is 24.3 Å². The normalized spacial score (nSPS) is 15.6. The van der Waals surface area contributed by atoms with Crippen LogP contribution >= 0.6 is 11.3 Å². The molecule has 1 unspecified atom stereocenters. The lowest BCUT2D eigenvalue weighted by molar-refractivity contribution is 0.248. The zero-order valence-corrected chi connectivity index (χ0v) is 17.2. The Hall–Kier alpha value is -2.62. The summed E-state index contributed by atoms with van der Waals surface area (Å²) < 4.78 is 35.0. The monoisotopic (exact) mass is 431 g/mol. The maximum atomic E-state index is 14.0. The van der Waals surface area contributed by atoms with Crippen LogP contribution in [0.25, 0.3) is 11.1 Å². The molecule has 6 nitrogen and oxygen atoms in total. The second kappa shape index (κ2) is 8.02. The highest BCUT2D eigenvalue weighted by Crippen LogP contribution is 2.32. The number of hydrogen-bond donors (Lipinski definition) is 1. The Kier molecular flexibility index (Phi) is 5.44. The van der Waals surface area contributed by atoms with E-state index in [9.17, 15) is 17.9 Å². The fourth-order valence-electron chi connectivity index (χ4n) is 3.30. The number of urea groups is 1. The van der Waals surface area contributed by atoms with Gasteiger partial charge in [-0.05, 0) is 37.1 Å². The van der Waals surface area contributed by atoms with E-state index in [0.717, 1.165) is 23.3 Å². The van der Waals surface area contributed by atoms with Crippen molar-refractivity contribution in [2.45, 2.75) is 17.6 Å². The van der Waals surface area contributed by atoms with E-state index in [1.165, 1.54) is 11.0 Å². The first-order valence-electron chi connectivity index (χ1n) is 8.98. The number of carbonyl (C=O) groups is 1. The summed E-state index contributed by atoms with van der Waals surface area (Å²) in [5.74, 6) is -0.295. The van der Waals surface area contributed by atoms with Crippen LogP contribution in [0.1, 0.15) is 12.1 Å². The number of hydrogen-bond acceptors (Lipinski definition) is 4. The average Bonchev–Trinajstić information content (AvgIpc) is 3.10. The van der Waals surface area contributed by atoms with Gasteiger partial charge in [0.25, 0.3) is 0 Å². The first-order valence-corrected chi connectivity index (χ1v) is 10.9. The summed E-state index contributed by atoms with van der Waals surface area (Å²) in [6, 6.07) is 13.5. The lowest BCUT2D eigenvalue weighted by Gasteiger charge is -2.34. The van der Waals surface area contributed by atoms with Crippen molar-refractivity contribution in [2.75, 3.05) is 22.9 Å². The van der Waals surface area contributed by atoms with Gasteiger partial charge in [0.15, 0.2) is 16.2 Å². The van der Waals surface area contributed by atoms with Crippen LogP contribution in [0.3, 0.4) is 0 Å². The van der Waals surface area contributed by atoms with Gasteiger partial charge in [-0.1, -0.05) is 41.7 Å². The van der Waals surface area contributed by atoms with E-state index in [-0.39, 0.29) is 16.1 Å². The third-order valence-electron chi connectivity index (χ3n) is 4.72. The van der Waals surface area contributed by atoms with Gasteiger partial charge in [-0.25, -0.2) is 18.4 Å². The lowest BCUT2D eigenvalue weighted by Crippen LogP contribution is -2.49. The number of anilines is 2.